The van der Waals surface area contributed by atoms with Gasteiger partial charge in [0.05, 0.1) is 27.2 Å². The van der Waals surface area contributed by atoms with E-state index in [2.05, 4.69) is 41.7 Å². The number of phenolic OH excluding ortho intramolecular Hbond substituents is 3. The number of aryl methyl sites for hydroxylation is 1. The standard InChI is InChI=1S/C59H59NO10/c1-33(62)69-55-28-44(70-58(66)20-34-12-13-39-22-43(63)26-46(45(39)19-34)38-11-7-8-35(18-38)31-60-2)27-49-47-30-57(68-4)53(64)24-40(47)15-17-50(49)59(42-16-14-36-9-5-6-10-37(36)21-42)51(55)23-41-25-56(67-3)54(65)29-48(41)52(59)32-61/h5-14,16,18-19,21-22,24-26,29-30,44,49-52,55,60-61,63-65H,15,17,20,23,27-28,31-32H2,1-4H3. The number of nitrogens with one attached hydrogen (secondary N) is 1. The van der Waals surface area contributed by atoms with Gasteiger partial charge in [0, 0.05) is 37.1 Å². The van der Waals surface area contributed by atoms with Crippen molar-refractivity contribution >= 4 is 33.5 Å². The van der Waals surface area contributed by atoms with Crippen LogP contribution in [0.3, 0.4) is 0 Å². The third kappa shape index (κ3) is 8.34. The third-order valence-corrected chi connectivity index (χ3v) is 15.6. The molecule has 1 fully saturated rings. The molecular formula is C59H59NO10. The minimum Gasteiger partial charge on any atom is -0.508 e. The van der Waals surface area contributed by atoms with E-state index in [0.717, 1.165) is 71.6 Å². The summed E-state index contributed by atoms with van der Waals surface area (Å²) in [6.45, 7) is 1.81. The van der Waals surface area contributed by atoms with Crippen molar-refractivity contribution in [3.05, 3.63) is 160 Å². The Kier molecular flexibility index (Phi) is 12.7. The molecule has 11 nitrogen and oxygen atoms in total. The summed E-state index contributed by atoms with van der Waals surface area (Å²) >= 11 is 0. The van der Waals surface area contributed by atoms with E-state index in [1.54, 1.807) is 24.3 Å². The molecule has 360 valence electrons. The van der Waals surface area contributed by atoms with Gasteiger partial charge >= 0.3 is 11.9 Å². The maximum atomic E-state index is 14.6. The highest BCUT2D eigenvalue weighted by Crippen LogP contribution is 2.64. The summed E-state index contributed by atoms with van der Waals surface area (Å²) in [6.07, 6.45) is 0.596. The van der Waals surface area contributed by atoms with E-state index < -0.39 is 41.4 Å². The molecule has 10 rings (SSSR count). The Morgan fingerprint density at radius 1 is 0.714 bits per heavy atom. The summed E-state index contributed by atoms with van der Waals surface area (Å²) in [4.78, 5) is 28.1. The van der Waals surface area contributed by atoms with Gasteiger partial charge in [-0.3, -0.25) is 9.59 Å². The van der Waals surface area contributed by atoms with Crippen LogP contribution in [0.15, 0.2) is 121 Å². The molecule has 0 bridgehead atoms. The van der Waals surface area contributed by atoms with E-state index in [0.29, 0.717) is 43.7 Å². The van der Waals surface area contributed by atoms with Gasteiger partial charge in [-0.05, 0) is 165 Å². The first-order valence-corrected chi connectivity index (χ1v) is 24.2. The lowest BCUT2D eigenvalue weighted by atomic mass is 9.44. The topological polar surface area (TPSA) is 164 Å². The Bertz CT molecular complexity index is 3150. The molecule has 0 radical (unpaired) electrons. The number of hydrogen-bond donors (Lipinski definition) is 5. The first kappa shape index (κ1) is 46.6. The van der Waals surface area contributed by atoms with E-state index in [1.807, 2.05) is 67.7 Å². The van der Waals surface area contributed by atoms with Crippen LogP contribution in [-0.4, -0.2) is 72.4 Å². The van der Waals surface area contributed by atoms with Gasteiger partial charge in [-0.15, -0.1) is 0 Å². The van der Waals surface area contributed by atoms with Gasteiger partial charge in [0.2, 0.25) is 0 Å². The molecule has 0 aromatic heterocycles. The summed E-state index contributed by atoms with van der Waals surface area (Å²) in [5.41, 5.74) is 7.25. The van der Waals surface area contributed by atoms with Gasteiger partial charge in [0.1, 0.15) is 18.0 Å². The molecule has 0 amide bonds. The maximum Gasteiger partial charge on any atom is 0.310 e. The second kappa shape index (κ2) is 19.0. The Morgan fingerprint density at radius 3 is 2.26 bits per heavy atom. The van der Waals surface area contributed by atoms with Crippen molar-refractivity contribution in [1.29, 1.82) is 0 Å². The molecule has 11 heteroatoms. The second-order valence-electron chi connectivity index (χ2n) is 19.4. The summed E-state index contributed by atoms with van der Waals surface area (Å²) in [5, 5.41) is 52.3. The van der Waals surface area contributed by atoms with Crippen molar-refractivity contribution in [1.82, 2.24) is 5.32 Å². The monoisotopic (exact) mass is 941 g/mol. The number of benzene rings is 7. The van der Waals surface area contributed by atoms with Crippen LogP contribution in [0.2, 0.25) is 0 Å². The normalized spacial score (nSPS) is 22.6. The van der Waals surface area contributed by atoms with E-state index in [4.69, 9.17) is 18.9 Å². The molecule has 3 aliphatic carbocycles. The SMILES string of the molecule is CNCc1cccc(-c2cc(O)cc3ccc(CC(=O)OC4CC(OC(C)=O)C5Cc6cc(OC)c(O)cc6C(CO)C5(c5ccc6ccccc6c5)C5CCc6cc(O)c(OC)cc6C5C4)cc23)c1. The molecular weight excluding hydrogens is 883 g/mol. The number of aliphatic hydroxyl groups is 1. The Morgan fingerprint density at radius 2 is 1.49 bits per heavy atom. The molecule has 0 saturated heterocycles. The van der Waals surface area contributed by atoms with E-state index in [1.165, 1.54) is 21.1 Å². The molecule has 7 aromatic rings. The molecule has 70 heavy (non-hydrogen) atoms. The van der Waals surface area contributed by atoms with Gasteiger partial charge in [0.15, 0.2) is 23.0 Å². The molecule has 3 aliphatic rings. The van der Waals surface area contributed by atoms with Crippen LogP contribution in [-0.2, 0) is 50.3 Å². The van der Waals surface area contributed by atoms with Crippen molar-refractivity contribution in [2.24, 2.45) is 11.8 Å². The molecule has 0 spiro atoms. The number of fused-ring (bicyclic) bond motifs is 8. The Labute approximate surface area is 407 Å². The highest BCUT2D eigenvalue weighted by Gasteiger charge is 2.62. The number of ether oxygens (including phenoxy) is 4. The van der Waals surface area contributed by atoms with Gasteiger partial charge < -0.3 is 44.7 Å². The van der Waals surface area contributed by atoms with Gasteiger partial charge in [-0.25, -0.2) is 0 Å². The predicted molar refractivity (Wildman–Crippen MR) is 269 cm³/mol. The lowest BCUT2D eigenvalue weighted by Gasteiger charge is -2.60. The quantitative estimate of drug-likeness (QED) is 0.0785. The van der Waals surface area contributed by atoms with Crippen molar-refractivity contribution in [2.75, 3.05) is 27.9 Å². The largest absolute Gasteiger partial charge is 0.508 e. The van der Waals surface area contributed by atoms with Crippen molar-refractivity contribution in [2.45, 2.75) is 81.5 Å². The number of carbonyl (C=O) groups excluding carboxylic acids is 2. The van der Waals surface area contributed by atoms with Crippen LogP contribution in [0, 0.1) is 11.8 Å². The summed E-state index contributed by atoms with van der Waals surface area (Å²) in [5.74, 6) is -1.76. The third-order valence-electron chi connectivity index (χ3n) is 15.6. The summed E-state index contributed by atoms with van der Waals surface area (Å²) < 4.78 is 24.6. The number of esters is 2. The fraction of sp³-hybridized carbons (Fsp3) is 0.322. The van der Waals surface area contributed by atoms with E-state index >= 15 is 0 Å². The van der Waals surface area contributed by atoms with Crippen molar-refractivity contribution in [3.8, 4) is 39.9 Å². The number of carbonyl (C=O) groups is 2. The smallest absolute Gasteiger partial charge is 0.310 e. The fourth-order valence-corrected chi connectivity index (χ4v) is 12.9. The average Bonchev–Trinajstić information content (AvgIpc) is 3.34. The van der Waals surface area contributed by atoms with Gasteiger partial charge in [-0.1, -0.05) is 72.8 Å². The van der Waals surface area contributed by atoms with Gasteiger partial charge in [0.25, 0.3) is 0 Å². The highest BCUT2D eigenvalue weighted by molar-refractivity contribution is 5.98. The summed E-state index contributed by atoms with van der Waals surface area (Å²) in [6, 6.07) is 39.3. The number of phenols is 3. The van der Waals surface area contributed by atoms with Gasteiger partial charge in [-0.2, -0.15) is 0 Å². The van der Waals surface area contributed by atoms with Crippen LogP contribution in [0.1, 0.15) is 77.0 Å². The molecule has 0 aliphatic heterocycles. The van der Waals surface area contributed by atoms with E-state index in [-0.39, 0.29) is 48.5 Å². The average molecular weight is 942 g/mol. The maximum absolute atomic E-state index is 14.6. The minimum atomic E-state index is -0.917. The Hall–Kier alpha value is -7.08. The number of aromatic hydroxyl groups is 3. The van der Waals surface area contributed by atoms with Crippen LogP contribution in [0.5, 0.6) is 28.7 Å². The number of rotatable bonds is 11. The lowest BCUT2D eigenvalue weighted by molar-refractivity contribution is -0.164. The fourth-order valence-electron chi connectivity index (χ4n) is 12.9. The van der Waals surface area contributed by atoms with E-state index in [9.17, 15) is 30.0 Å². The molecule has 5 N–H and O–H groups in total. The minimum absolute atomic E-state index is 0.0357. The first-order chi connectivity index (χ1) is 33.9. The van der Waals surface area contributed by atoms with Crippen LogP contribution < -0.4 is 14.8 Å². The molecule has 7 atom stereocenters. The Balaban J connectivity index is 1.11. The molecule has 7 unspecified atom stereocenters. The highest BCUT2D eigenvalue weighted by atomic mass is 16.6. The predicted octanol–water partition coefficient (Wildman–Crippen LogP) is 9.93. The van der Waals surface area contributed by atoms with Crippen molar-refractivity contribution < 1.29 is 49.0 Å². The number of methoxy groups -OCH3 is 2. The van der Waals surface area contributed by atoms with Crippen molar-refractivity contribution in [3.63, 3.8) is 0 Å². The van der Waals surface area contributed by atoms with Crippen LogP contribution in [0.4, 0.5) is 0 Å². The zero-order valence-corrected chi connectivity index (χ0v) is 39.9. The number of aliphatic hydroxyl groups excluding tert-OH is 1. The summed E-state index contributed by atoms with van der Waals surface area (Å²) in [7, 11) is 4.93. The molecule has 1 saturated carbocycles. The van der Waals surface area contributed by atoms with Crippen LogP contribution >= 0.6 is 0 Å². The zero-order valence-electron chi connectivity index (χ0n) is 39.9. The van der Waals surface area contributed by atoms with Crippen LogP contribution in [0.25, 0.3) is 32.7 Å². The zero-order chi connectivity index (χ0) is 48.8. The second-order valence-corrected chi connectivity index (χ2v) is 19.4. The molecule has 0 heterocycles. The molecule has 7 aromatic carbocycles. The number of hydrogen-bond acceptors (Lipinski definition) is 11. The first-order valence-electron chi connectivity index (χ1n) is 24.2. The lowest BCUT2D eigenvalue weighted by Crippen LogP contribution is -2.60.